The summed E-state index contributed by atoms with van der Waals surface area (Å²) >= 11 is 0. The van der Waals surface area contributed by atoms with Crippen LogP contribution in [0.5, 0.6) is 5.75 Å². The van der Waals surface area contributed by atoms with Gasteiger partial charge in [0.1, 0.15) is 12.4 Å². The minimum absolute atomic E-state index is 0.563. The van der Waals surface area contributed by atoms with Gasteiger partial charge in [0.2, 0.25) is 0 Å². The Labute approximate surface area is 190 Å². The van der Waals surface area contributed by atoms with Crippen molar-refractivity contribution in [3.8, 4) is 5.75 Å². The second-order valence-electron chi connectivity index (χ2n) is 10.3. The fourth-order valence-electron chi connectivity index (χ4n) is 6.30. The first-order valence-electron chi connectivity index (χ1n) is 13.0. The molecule has 31 heavy (non-hydrogen) atoms. The van der Waals surface area contributed by atoms with Gasteiger partial charge < -0.3 is 4.74 Å². The van der Waals surface area contributed by atoms with Crippen molar-refractivity contribution in [2.75, 3.05) is 6.61 Å². The zero-order chi connectivity index (χ0) is 21.5. The van der Waals surface area contributed by atoms with E-state index in [4.69, 9.17) is 4.74 Å². The Morgan fingerprint density at radius 2 is 1.52 bits per heavy atom. The Morgan fingerprint density at radius 3 is 2.23 bits per heavy atom. The van der Waals surface area contributed by atoms with Gasteiger partial charge in [-0.15, -0.1) is 0 Å². The first-order chi connectivity index (χ1) is 15.3. The van der Waals surface area contributed by atoms with Crippen molar-refractivity contribution in [2.24, 2.45) is 17.8 Å². The lowest BCUT2D eigenvalue weighted by Crippen LogP contribution is -2.25. The lowest BCUT2D eigenvalue weighted by atomic mass is 9.68. The zero-order valence-corrected chi connectivity index (χ0v) is 19.7. The molecular weight excluding hydrogens is 376 g/mol. The van der Waals surface area contributed by atoms with Gasteiger partial charge in [-0.1, -0.05) is 82.4 Å². The normalized spacial score (nSPS) is 26.6. The highest BCUT2D eigenvalue weighted by Crippen LogP contribution is 2.44. The summed E-state index contributed by atoms with van der Waals surface area (Å²) < 4.78 is 5.69. The van der Waals surface area contributed by atoms with E-state index in [9.17, 15) is 0 Å². The van der Waals surface area contributed by atoms with E-state index < -0.39 is 0 Å². The van der Waals surface area contributed by atoms with Crippen molar-refractivity contribution in [1.29, 1.82) is 0 Å². The predicted octanol–water partition coefficient (Wildman–Crippen LogP) is 9.07. The quantitative estimate of drug-likeness (QED) is 0.291. The molecule has 2 aromatic carbocycles. The highest BCUT2D eigenvalue weighted by molar-refractivity contribution is 5.84. The molecule has 0 atom stereocenters. The molecule has 2 saturated carbocycles. The number of fused-ring (bicyclic) bond motifs is 1. The van der Waals surface area contributed by atoms with Gasteiger partial charge in [0.25, 0.3) is 0 Å². The van der Waals surface area contributed by atoms with Crippen molar-refractivity contribution in [1.82, 2.24) is 0 Å². The van der Waals surface area contributed by atoms with Crippen LogP contribution in [0, 0.1) is 17.8 Å². The molecule has 0 heterocycles. The molecule has 168 valence electrons. The van der Waals surface area contributed by atoms with Crippen LogP contribution in [0.15, 0.2) is 49.1 Å². The maximum atomic E-state index is 5.69. The van der Waals surface area contributed by atoms with Crippen LogP contribution in [-0.4, -0.2) is 6.61 Å². The van der Waals surface area contributed by atoms with Gasteiger partial charge in [0, 0.05) is 0 Å². The number of hydrogen-bond acceptors (Lipinski definition) is 1. The average molecular weight is 419 g/mol. The summed E-state index contributed by atoms with van der Waals surface area (Å²) in [5.41, 5.74) is 1.55. The van der Waals surface area contributed by atoms with E-state index in [1.54, 1.807) is 11.6 Å². The van der Waals surface area contributed by atoms with E-state index in [0.29, 0.717) is 6.61 Å². The summed E-state index contributed by atoms with van der Waals surface area (Å²) in [7, 11) is 0. The maximum absolute atomic E-state index is 5.69. The van der Waals surface area contributed by atoms with E-state index in [1.165, 1.54) is 87.8 Å². The van der Waals surface area contributed by atoms with E-state index in [0.717, 1.165) is 29.4 Å². The highest BCUT2D eigenvalue weighted by atomic mass is 16.5. The predicted molar refractivity (Wildman–Crippen MR) is 134 cm³/mol. The Kier molecular flexibility index (Phi) is 8.11. The maximum Gasteiger partial charge on any atom is 0.120 e. The smallest absolute Gasteiger partial charge is 0.120 e. The summed E-state index contributed by atoms with van der Waals surface area (Å²) in [6.45, 7) is 6.61. The minimum Gasteiger partial charge on any atom is -0.490 e. The van der Waals surface area contributed by atoms with Crippen LogP contribution >= 0.6 is 0 Å². The first kappa shape index (κ1) is 22.4. The third-order valence-corrected chi connectivity index (χ3v) is 8.22. The van der Waals surface area contributed by atoms with Crippen LogP contribution in [0.1, 0.15) is 95.5 Å². The second-order valence-corrected chi connectivity index (χ2v) is 10.3. The van der Waals surface area contributed by atoms with Gasteiger partial charge in [-0.2, -0.15) is 0 Å². The Balaban J connectivity index is 1.27. The van der Waals surface area contributed by atoms with E-state index in [-0.39, 0.29) is 0 Å². The molecule has 0 aromatic heterocycles. The molecule has 1 heteroatoms. The largest absolute Gasteiger partial charge is 0.490 e. The number of unbranched alkanes of at least 4 members (excludes halogenated alkanes) is 2. The Morgan fingerprint density at radius 1 is 0.839 bits per heavy atom. The van der Waals surface area contributed by atoms with Gasteiger partial charge in [-0.3, -0.25) is 0 Å². The number of rotatable bonds is 9. The van der Waals surface area contributed by atoms with Crippen molar-refractivity contribution in [3.05, 3.63) is 54.6 Å². The molecule has 0 bridgehead atoms. The van der Waals surface area contributed by atoms with Crippen LogP contribution in [0.2, 0.25) is 0 Å². The number of hydrogen-bond donors (Lipinski definition) is 0. The molecule has 0 radical (unpaired) electrons. The zero-order valence-electron chi connectivity index (χ0n) is 19.7. The lowest BCUT2D eigenvalue weighted by molar-refractivity contribution is 0.155. The molecule has 4 rings (SSSR count). The van der Waals surface area contributed by atoms with Crippen LogP contribution in [0.25, 0.3) is 10.8 Å². The molecule has 0 amide bonds. The molecule has 1 nitrogen and oxygen atoms in total. The van der Waals surface area contributed by atoms with Crippen LogP contribution in [0.3, 0.4) is 0 Å². The van der Waals surface area contributed by atoms with Gasteiger partial charge in [-0.25, -0.2) is 0 Å². The van der Waals surface area contributed by atoms with Crippen molar-refractivity contribution in [2.45, 2.75) is 89.9 Å². The fraction of sp³-hybridized carbons (Fsp3) is 0.600. The van der Waals surface area contributed by atoms with E-state index in [2.05, 4.69) is 49.9 Å². The SMILES string of the molecule is C=CCOc1ccc2cc(C3CCC(C4CCC(CCCCC)CC4)CC3)ccc2c1. The molecule has 0 aliphatic heterocycles. The lowest BCUT2D eigenvalue weighted by Gasteiger charge is -2.38. The summed E-state index contributed by atoms with van der Waals surface area (Å²) in [6, 6.07) is 13.5. The summed E-state index contributed by atoms with van der Waals surface area (Å²) in [6.07, 6.45) is 19.3. The topological polar surface area (TPSA) is 9.23 Å². The Bertz CT molecular complexity index is 821. The van der Waals surface area contributed by atoms with Gasteiger partial charge in [0.15, 0.2) is 0 Å². The number of benzene rings is 2. The summed E-state index contributed by atoms with van der Waals surface area (Å²) in [5, 5.41) is 2.61. The highest BCUT2D eigenvalue weighted by Gasteiger charge is 2.31. The molecule has 0 N–H and O–H groups in total. The molecule has 2 aliphatic carbocycles. The van der Waals surface area contributed by atoms with Gasteiger partial charge in [0.05, 0.1) is 0 Å². The monoisotopic (exact) mass is 418 g/mol. The Hall–Kier alpha value is -1.76. The fourth-order valence-corrected chi connectivity index (χ4v) is 6.30. The average Bonchev–Trinajstić information content (AvgIpc) is 2.83. The summed E-state index contributed by atoms with van der Waals surface area (Å²) in [4.78, 5) is 0. The third kappa shape index (κ3) is 5.93. The van der Waals surface area contributed by atoms with Crippen molar-refractivity contribution in [3.63, 3.8) is 0 Å². The molecule has 2 aromatic rings. The van der Waals surface area contributed by atoms with Gasteiger partial charge >= 0.3 is 0 Å². The van der Waals surface area contributed by atoms with Crippen LogP contribution in [-0.2, 0) is 0 Å². The van der Waals surface area contributed by atoms with Crippen molar-refractivity contribution >= 4 is 10.8 Å². The molecule has 0 unspecified atom stereocenters. The number of ether oxygens (including phenoxy) is 1. The molecular formula is C30H42O. The van der Waals surface area contributed by atoms with Crippen LogP contribution < -0.4 is 4.74 Å². The van der Waals surface area contributed by atoms with Crippen LogP contribution in [0.4, 0.5) is 0 Å². The first-order valence-corrected chi connectivity index (χ1v) is 13.0. The van der Waals surface area contributed by atoms with Crippen molar-refractivity contribution < 1.29 is 4.74 Å². The second kappa shape index (κ2) is 11.2. The molecule has 0 saturated heterocycles. The van der Waals surface area contributed by atoms with Gasteiger partial charge in [-0.05, 0) is 90.7 Å². The minimum atomic E-state index is 0.563. The summed E-state index contributed by atoms with van der Waals surface area (Å²) in [5.74, 6) is 4.75. The van der Waals surface area contributed by atoms with E-state index in [1.807, 2.05) is 0 Å². The van der Waals surface area contributed by atoms with E-state index >= 15 is 0 Å². The molecule has 0 spiro atoms. The molecule has 2 aliphatic rings. The standard InChI is InChI=1S/C30H42O/c1-3-5-6-7-23-8-10-24(11-9-23)25-12-14-26(15-13-25)27-16-17-29-22-30(31-20-4-2)19-18-28(29)21-27/h4,16-19,21-26H,2-3,5-15,20H2,1H3. The molecule has 2 fully saturated rings. The third-order valence-electron chi connectivity index (χ3n) is 8.22.